The van der Waals surface area contributed by atoms with Crippen molar-refractivity contribution in [1.29, 1.82) is 0 Å². The van der Waals surface area contributed by atoms with Crippen molar-refractivity contribution >= 4 is 5.97 Å². The van der Waals surface area contributed by atoms with Gasteiger partial charge in [0, 0.05) is 6.07 Å². The SMILES string of the molecule is COc1ccc(-c2noc(COC(=O)c3cccc(OC)c3O)n2)c(OC)c1. The number of ether oxygens (including phenoxy) is 4. The van der Waals surface area contributed by atoms with Gasteiger partial charge in [-0.2, -0.15) is 4.98 Å². The highest BCUT2D eigenvalue weighted by atomic mass is 16.6. The van der Waals surface area contributed by atoms with Crippen LogP contribution in [0.5, 0.6) is 23.0 Å². The van der Waals surface area contributed by atoms with Crippen molar-refractivity contribution < 1.29 is 33.4 Å². The summed E-state index contributed by atoms with van der Waals surface area (Å²) in [5, 5.41) is 13.9. The lowest BCUT2D eigenvalue weighted by Crippen LogP contribution is -2.06. The third-order valence-corrected chi connectivity index (χ3v) is 3.88. The second-order valence-corrected chi connectivity index (χ2v) is 5.51. The van der Waals surface area contributed by atoms with Crippen molar-refractivity contribution in [2.75, 3.05) is 21.3 Å². The first kappa shape index (κ1) is 19.0. The average Bonchev–Trinajstić information content (AvgIpc) is 3.20. The van der Waals surface area contributed by atoms with Crippen molar-refractivity contribution in [2.24, 2.45) is 0 Å². The van der Waals surface area contributed by atoms with E-state index in [1.165, 1.54) is 26.4 Å². The average molecular weight is 386 g/mol. The van der Waals surface area contributed by atoms with Gasteiger partial charge in [-0.15, -0.1) is 0 Å². The lowest BCUT2D eigenvalue weighted by atomic mass is 10.2. The maximum atomic E-state index is 12.2. The van der Waals surface area contributed by atoms with Crippen molar-refractivity contribution in [1.82, 2.24) is 10.1 Å². The summed E-state index contributed by atoms with van der Waals surface area (Å²) in [6.07, 6.45) is 0. The van der Waals surface area contributed by atoms with E-state index in [1.807, 2.05) is 0 Å². The monoisotopic (exact) mass is 386 g/mol. The van der Waals surface area contributed by atoms with Gasteiger partial charge >= 0.3 is 5.97 Å². The van der Waals surface area contributed by atoms with Gasteiger partial charge in [-0.3, -0.25) is 0 Å². The molecule has 146 valence electrons. The molecule has 0 atom stereocenters. The number of rotatable bonds is 7. The molecule has 3 aromatic rings. The molecule has 0 saturated carbocycles. The Morgan fingerprint density at radius 3 is 2.57 bits per heavy atom. The number of aromatic hydroxyl groups is 1. The number of carbonyl (C=O) groups excluding carboxylic acids is 1. The van der Waals surface area contributed by atoms with Crippen molar-refractivity contribution in [3.05, 3.63) is 47.9 Å². The van der Waals surface area contributed by atoms with Crippen molar-refractivity contribution in [2.45, 2.75) is 6.61 Å². The number of carbonyl (C=O) groups is 1. The van der Waals surface area contributed by atoms with Crippen LogP contribution in [0, 0.1) is 0 Å². The van der Waals surface area contributed by atoms with E-state index < -0.39 is 5.97 Å². The van der Waals surface area contributed by atoms with Crippen molar-refractivity contribution in [3.8, 4) is 34.4 Å². The molecule has 2 aromatic carbocycles. The fourth-order valence-corrected chi connectivity index (χ4v) is 2.46. The molecule has 0 amide bonds. The second kappa shape index (κ2) is 8.30. The Bertz CT molecular complexity index is 984. The van der Waals surface area contributed by atoms with E-state index in [1.54, 1.807) is 31.4 Å². The summed E-state index contributed by atoms with van der Waals surface area (Å²) in [5.74, 6) is 0.600. The second-order valence-electron chi connectivity index (χ2n) is 5.51. The van der Waals surface area contributed by atoms with Gasteiger partial charge < -0.3 is 28.6 Å². The predicted molar refractivity (Wildman–Crippen MR) is 96.6 cm³/mol. The number of aromatic nitrogens is 2. The number of methoxy groups -OCH3 is 3. The fourth-order valence-electron chi connectivity index (χ4n) is 2.46. The molecule has 1 heterocycles. The Balaban J connectivity index is 1.73. The molecule has 3 rings (SSSR count). The highest BCUT2D eigenvalue weighted by Gasteiger charge is 2.19. The smallest absolute Gasteiger partial charge is 0.342 e. The molecule has 0 bridgehead atoms. The van der Waals surface area contributed by atoms with Gasteiger partial charge in [0.2, 0.25) is 5.82 Å². The van der Waals surface area contributed by atoms with E-state index in [9.17, 15) is 9.90 Å². The van der Waals surface area contributed by atoms with E-state index >= 15 is 0 Å². The molecule has 9 heteroatoms. The maximum Gasteiger partial charge on any atom is 0.342 e. The number of nitrogens with zero attached hydrogens (tertiary/aromatic N) is 2. The first-order chi connectivity index (χ1) is 13.6. The highest BCUT2D eigenvalue weighted by Crippen LogP contribution is 2.32. The molecule has 0 aliphatic rings. The first-order valence-electron chi connectivity index (χ1n) is 8.15. The summed E-state index contributed by atoms with van der Waals surface area (Å²) in [5.41, 5.74) is 0.561. The number of benzene rings is 2. The number of hydrogen-bond acceptors (Lipinski definition) is 9. The molecule has 0 radical (unpaired) electrons. The maximum absolute atomic E-state index is 12.2. The van der Waals surface area contributed by atoms with E-state index in [2.05, 4.69) is 10.1 Å². The van der Waals surface area contributed by atoms with E-state index in [-0.39, 0.29) is 35.4 Å². The van der Waals surface area contributed by atoms with Gasteiger partial charge in [0.15, 0.2) is 18.1 Å². The molecule has 0 unspecified atom stereocenters. The normalized spacial score (nSPS) is 10.4. The van der Waals surface area contributed by atoms with Crippen LogP contribution in [-0.2, 0) is 11.3 Å². The van der Waals surface area contributed by atoms with Gasteiger partial charge in [0.05, 0.1) is 26.9 Å². The van der Waals surface area contributed by atoms with E-state index in [0.29, 0.717) is 17.1 Å². The molecule has 0 aliphatic heterocycles. The Morgan fingerprint density at radius 1 is 1.07 bits per heavy atom. The van der Waals surface area contributed by atoms with E-state index in [4.69, 9.17) is 23.5 Å². The van der Waals surface area contributed by atoms with Crippen LogP contribution in [0.4, 0.5) is 0 Å². The van der Waals surface area contributed by atoms with Crippen molar-refractivity contribution in [3.63, 3.8) is 0 Å². The van der Waals surface area contributed by atoms with Crippen LogP contribution in [0.3, 0.4) is 0 Å². The molecule has 9 nitrogen and oxygen atoms in total. The highest BCUT2D eigenvalue weighted by molar-refractivity contribution is 5.93. The molecule has 28 heavy (non-hydrogen) atoms. The van der Waals surface area contributed by atoms with Gasteiger partial charge in [0.1, 0.15) is 17.1 Å². The van der Waals surface area contributed by atoms with Gasteiger partial charge in [0.25, 0.3) is 5.89 Å². The standard InChI is InChI=1S/C19H18N2O7/c1-24-11-7-8-12(15(9-11)26-3)18-20-16(28-21-18)10-27-19(23)13-5-4-6-14(25-2)17(13)22/h4-9,22H,10H2,1-3H3. The van der Waals surface area contributed by atoms with Crippen LogP contribution in [-0.4, -0.2) is 42.5 Å². The lowest BCUT2D eigenvalue weighted by Gasteiger charge is -2.07. The molecular formula is C19H18N2O7. The topological polar surface area (TPSA) is 113 Å². The molecule has 0 aliphatic carbocycles. The summed E-state index contributed by atoms with van der Waals surface area (Å²) in [6.45, 7) is -0.263. The van der Waals surface area contributed by atoms with Crippen LogP contribution in [0.25, 0.3) is 11.4 Å². The largest absolute Gasteiger partial charge is 0.504 e. The first-order valence-corrected chi connectivity index (χ1v) is 8.15. The minimum Gasteiger partial charge on any atom is -0.504 e. The number of para-hydroxylation sites is 1. The Labute approximate surface area is 160 Å². The third-order valence-electron chi connectivity index (χ3n) is 3.88. The summed E-state index contributed by atoms with van der Waals surface area (Å²) in [4.78, 5) is 16.4. The van der Waals surface area contributed by atoms with Crippen LogP contribution in [0.1, 0.15) is 16.2 Å². The molecule has 0 fully saturated rings. The summed E-state index contributed by atoms with van der Waals surface area (Å²) in [6, 6.07) is 9.67. The third kappa shape index (κ3) is 3.83. The number of phenolic OH excluding ortho intramolecular Hbond substituents is 1. The van der Waals surface area contributed by atoms with Gasteiger partial charge in [-0.25, -0.2) is 4.79 Å². The minimum absolute atomic E-state index is 0.0316. The van der Waals surface area contributed by atoms with Crippen LogP contribution in [0.2, 0.25) is 0 Å². The zero-order valence-electron chi connectivity index (χ0n) is 15.5. The molecule has 1 N–H and O–H groups in total. The zero-order chi connectivity index (χ0) is 20.1. The fraction of sp³-hybridized carbons (Fsp3) is 0.211. The Morgan fingerprint density at radius 2 is 1.86 bits per heavy atom. The lowest BCUT2D eigenvalue weighted by molar-refractivity contribution is 0.0426. The predicted octanol–water partition coefficient (Wildman–Crippen LogP) is 2.83. The van der Waals surface area contributed by atoms with Gasteiger partial charge in [-0.05, 0) is 24.3 Å². The number of phenols is 1. The zero-order valence-corrected chi connectivity index (χ0v) is 15.5. The molecule has 0 spiro atoms. The molecular weight excluding hydrogens is 368 g/mol. The summed E-state index contributed by atoms with van der Waals surface area (Å²) >= 11 is 0. The van der Waals surface area contributed by atoms with Crippen LogP contribution < -0.4 is 14.2 Å². The Hall–Kier alpha value is -3.75. The van der Waals surface area contributed by atoms with Crippen LogP contribution in [0.15, 0.2) is 40.9 Å². The molecule has 0 saturated heterocycles. The van der Waals surface area contributed by atoms with E-state index in [0.717, 1.165) is 0 Å². The summed E-state index contributed by atoms with van der Waals surface area (Å²) in [7, 11) is 4.45. The number of hydrogen-bond donors (Lipinski definition) is 1. The molecule has 1 aromatic heterocycles. The minimum atomic E-state index is -0.752. The quantitative estimate of drug-likeness (QED) is 0.612. The summed E-state index contributed by atoms with van der Waals surface area (Å²) < 4.78 is 25.7. The number of esters is 1. The van der Waals surface area contributed by atoms with Gasteiger partial charge in [-0.1, -0.05) is 11.2 Å². The Kier molecular flexibility index (Phi) is 5.64. The van der Waals surface area contributed by atoms with Crippen LogP contribution >= 0.6 is 0 Å².